The van der Waals surface area contributed by atoms with Crippen molar-refractivity contribution in [2.24, 2.45) is 5.92 Å². The number of esters is 1. The van der Waals surface area contributed by atoms with E-state index in [-0.39, 0.29) is 24.3 Å². The van der Waals surface area contributed by atoms with Gasteiger partial charge in [-0.1, -0.05) is 48.5 Å². The van der Waals surface area contributed by atoms with E-state index in [4.69, 9.17) is 4.74 Å². The molecule has 2 aromatic rings. The van der Waals surface area contributed by atoms with Gasteiger partial charge in [0.2, 0.25) is 5.91 Å². The van der Waals surface area contributed by atoms with Crippen LogP contribution in [-0.2, 0) is 14.3 Å². The quantitative estimate of drug-likeness (QED) is 0.658. The average Bonchev–Trinajstić information content (AvgIpc) is 2.92. The number of hydrogen-bond acceptors (Lipinski definition) is 5. The zero-order chi connectivity index (χ0) is 18.7. The van der Waals surface area contributed by atoms with Crippen LogP contribution >= 0.6 is 0 Å². The minimum absolute atomic E-state index is 0.182. The number of carbonyl (C=O) groups excluding carboxylic acids is 4. The summed E-state index contributed by atoms with van der Waals surface area (Å²) in [5, 5.41) is 2.31. The maximum absolute atomic E-state index is 12.8. The Morgan fingerprint density at radius 1 is 0.962 bits per heavy atom. The van der Waals surface area contributed by atoms with E-state index in [1.54, 1.807) is 25.1 Å². The molecule has 6 nitrogen and oxygen atoms in total. The van der Waals surface area contributed by atoms with Gasteiger partial charge >= 0.3 is 5.97 Å². The number of carbonyl (C=O) groups is 4. The molecular formula is C20H17NO5. The highest BCUT2D eigenvalue weighted by Crippen LogP contribution is 2.35. The Labute approximate surface area is 150 Å². The van der Waals surface area contributed by atoms with Gasteiger partial charge in [0.15, 0.2) is 17.5 Å². The number of Topliss-reactive ketones (excluding diaryl/α,β-unsaturated/α-hetero) is 2. The van der Waals surface area contributed by atoms with Gasteiger partial charge in [-0.05, 0) is 18.1 Å². The van der Waals surface area contributed by atoms with Crippen LogP contribution in [0.25, 0.3) is 11.1 Å². The van der Waals surface area contributed by atoms with Crippen molar-refractivity contribution < 1.29 is 23.9 Å². The average molecular weight is 351 g/mol. The lowest BCUT2D eigenvalue weighted by Crippen LogP contribution is -2.39. The van der Waals surface area contributed by atoms with E-state index in [1.807, 2.05) is 30.3 Å². The van der Waals surface area contributed by atoms with Crippen molar-refractivity contribution in [1.29, 1.82) is 0 Å². The summed E-state index contributed by atoms with van der Waals surface area (Å²) in [7, 11) is 0. The molecule has 2 aromatic carbocycles. The second-order valence-electron chi connectivity index (χ2n) is 5.78. The predicted molar refractivity (Wildman–Crippen MR) is 93.7 cm³/mol. The van der Waals surface area contributed by atoms with Gasteiger partial charge in [0.1, 0.15) is 6.54 Å². The second kappa shape index (κ2) is 7.31. The third kappa shape index (κ3) is 3.13. The van der Waals surface area contributed by atoms with Gasteiger partial charge in [-0.2, -0.15) is 0 Å². The monoisotopic (exact) mass is 351 g/mol. The summed E-state index contributed by atoms with van der Waals surface area (Å²) >= 11 is 0. The maximum Gasteiger partial charge on any atom is 0.325 e. The molecule has 0 aromatic heterocycles. The van der Waals surface area contributed by atoms with Crippen molar-refractivity contribution in [3.8, 4) is 11.1 Å². The first-order valence-corrected chi connectivity index (χ1v) is 8.24. The molecule has 1 N–H and O–H groups in total. The molecule has 0 saturated carbocycles. The molecule has 1 aliphatic rings. The lowest BCUT2D eigenvalue weighted by molar-refractivity contribution is -0.143. The summed E-state index contributed by atoms with van der Waals surface area (Å²) in [6.07, 6.45) is 0. The molecule has 0 radical (unpaired) electrons. The van der Waals surface area contributed by atoms with Gasteiger partial charge in [-0.25, -0.2) is 0 Å². The number of hydrogen-bond donors (Lipinski definition) is 1. The molecule has 0 spiro atoms. The first-order valence-electron chi connectivity index (χ1n) is 8.24. The lowest BCUT2D eigenvalue weighted by Gasteiger charge is -2.09. The van der Waals surface area contributed by atoms with Gasteiger partial charge in [0, 0.05) is 11.1 Å². The summed E-state index contributed by atoms with van der Waals surface area (Å²) < 4.78 is 4.72. The Morgan fingerprint density at radius 3 is 2.35 bits per heavy atom. The van der Waals surface area contributed by atoms with Crippen LogP contribution in [0.3, 0.4) is 0 Å². The summed E-state index contributed by atoms with van der Waals surface area (Å²) in [5.74, 6) is -3.98. The van der Waals surface area contributed by atoms with Crippen LogP contribution in [-0.4, -0.2) is 36.6 Å². The van der Waals surface area contributed by atoms with Crippen LogP contribution in [0.1, 0.15) is 27.6 Å². The molecule has 26 heavy (non-hydrogen) atoms. The van der Waals surface area contributed by atoms with Gasteiger partial charge in [-0.15, -0.1) is 0 Å². The maximum atomic E-state index is 12.8. The highest BCUT2D eigenvalue weighted by atomic mass is 16.5. The highest BCUT2D eigenvalue weighted by Gasteiger charge is 2.44. The van der Waals surface area contributed by atoms with Crippen molar-refractivity contribution in [2.75, 3.05) is 13.2 Å². The van der Waals surface area contributed by atoms with Crippen LogP contribution in [0.2, 0.25) is 0 Å². The molecule has 0 saturated heterocycles. The van der Waals surface area contributed by atoms with Gasteiger partial charge < -0.3 is 10.1 Å². The summed E-state index contributed by atoms with van der Waals surface area (Å²) in [6.45, 7) is 1.44. The summed E-state index contributed by atoms with van der Waals surface area (Å²) in [6, 6.07) is 14.2. The molecule has 1 amide bonds. The fourth-order valence-electron chi connectivity index (χ4n) is 3.01. The molecule has 0 bridgehead atoms. The van der Waals surface area contributed by atoms with Crippen LogP contribution < -0.4 is 5.32 Å². The minimum Gasteiger partial charge on any atom is -0.465 e. The van der Waals surface area contributed by atoms with Gasteiger partial charge in [0.25, 0.3) is 0 Å². The van der Waals surface area contributed by atoms with Crippen molar-refractivity contribution in [2.45, 2.75) is 6.92 Å². The topological polar surface area (TPSA) is 89.5 Å². The van der Waals surface area contributed by atoms with E-state index in [0.717, 1.165) is 5.56 Å². The Kier molecular flexibility index (Phi) is 4.93. The molecule has 0 heterocycles. The van der Waals surface area contributed by atoms with E-state index >= 15 is 0 Å². The van der Waals surface area contributed by atoms with Crippen molar-refractivity contribution in [3.63, 3.8) is 0 Å². The number of nitrogens with one attached hydrogen (secondary N) is 1. The molecule has 1 aliphatic carbocycles. The third-order valence-electron chi connectivity index (χ3n) is 4.16. The van der Waals surface area contributed by atoms with Gasteiger partial charge in [-0.3, -0.25) is 19.2 Å². The zero-order valence-corrected chi connectivity index (χ0v) is 14.2. The van der Waals surface area contributed by atoms with E-state index in [1.165, 1.54) is 0 Å². The Hall–Kier alpha value is -3.28. The molecule has 0 fully saturated rings. The summed E-state index contributed by atoms with van der Waals surface area (Å²) in [4.78, 5) is 49.1. The number of amides is 1. The number of rotatable bonds is 5. The summed E-state index contributed by atoms with van der Waals surface area (Å²) in [5.41, 5.74) is 1.88. The lowest BCUT2D eigenvalue weighted by atomic mass is 9.96. The van der Waals surface area contributed by atoms with Crippen LogP contribution in [0, 0.1) is 5.92 Å². The van der Waals surface area contributed by atoms with E-state index in [9.17, 15) is 19.2 Å². The smallest absolute Gasteiger partial charge is 0.325 e. The van der Waals surface area contributed by atoms with Crippen molar-refractivity contribution in [1.82, 2.24) is 5.32 Å². The van der Waals surface area contributed by atoms with Crippen molar-refractivity contribution >= 4 is 23.4 Å². The number of ketones is 2. The third-order valence-corrected chi connectivity index (χ3v) is 4.16. The van der Waals surface area contributed by atoms with Crippen LogP contribution in [0.15, 0.2) is 48.5 Å². The highest BCUT2D eigenvalue weighted by molar-refractivity contribution is 6.36. The largest absolute Gasteiger partial charge is 0.465 e. The van der Waals surface area contributed by atoms with E-state index in [0.29, 0.717) is 5.56 Å². The van der Waals surface area contributed by atoms with Gasteiger partial charge in [0.05, 0.1) is 6.61 Å². The Morgan fingerprint density at radius 2 is 1.65 bits per heavy atom. The fourth-order valence-corrected chi connectivity index (χ4v) is 3.01. The minimum atomic E-state index is -1.47. The molecule has 0 aliphatic heterocycles. The number of fused-ring (bicyclic) bond motifs is 1. The van der Waals surface area contributed by atoms with Crippen LogP contribution in [0.4, 0.5) is 0 Å². The SMILES string of the molecule is CCOC(=O)CNC(=O)C1C(=O)c2cccc(-c3ccccc3)c2C1=O. The Balaban J connectivity index is 1.89. The number of ether oxygens (including phenoxy) is 1. The van der Waals surface area contributed by atoms with Crippen LogP contribution in [0.5, 0.6) is 0 Å². The Bertz CT molecular complexity index is 888. The fraction of sp³-hybridized carbons (Fsp3) is 0.200. The van der Waals surface area contributed by atoms with E-state index < -0.39 is 29.4 Å². The first-order chi connectivity index (χ1) is 12.5. The molecule has 3 rings (SSSR count). The molecule has 132 valence electrons. The second-order valence-corrected chi connectivity index (χ2v) is 5.78. The number of benzene rings is 2. The normalized spacial score (nSPS) is 15.5. The molecular weight excluding hydrogens is 334 g/mol. The zero-order valence-electron chi connectivity index (χ0n) is 14.2. The first kappa shape index (κ1) is 17.5. The molecule has 1 unspecified atom stereocenters. The van der Waals surface area contributed by atoms with E-state index in [2.05, 4.69) is 5.32 Å². The molecule has 1 atom stereocenters. The molecule has 6 heteroatoms. The van der Waals surface area contributed by atoms with Crippen molar-refractivity contribution in [3.05, 3.63) is 59.7 Å². The predicted octanol–water partition coefficient (Wildman–Crippen LogP) is 2.03. The standard InChI is InChI=1S/C20H17NO5/c1-2-26-15(22)11-21-20(25)17-18(23)14-10-6-9-13(16(14)19(17)24)12-7-4-3-5-8-12/h3-10,17H,2,11H2,1H3,(H,21,25).